The van der Waals surface area contributed by atoms with Gasteiger partial charge in [-0.3, -0.25) is 0 Å². The van der Waals surface area contributed by atoms with Crippen LogP contribution in [-0.2, 0) is 6.54 Å². The Hall–Kier alpha value is -1.29. The van der Waals surface area contributed by atoms with Crippen molar-refractivity contribution < 1.29 is 0 Å². The molecular weight excluding hydrogens is 146 g/mol. The number of hydrogen-bond acceptors (Lipinski definition) is 0. The smallest absolute Gasteiger partial charge is 0.239 e. The van der Waals surface area contributed by atoms with Crippen LogP contribution in [0.3, 0.4) is 0 Å². The number of nitrogens with zero attached hydrogens (tertiary/aromatic N) is 1. The lowest BCUT2D eigenvalue weighted by atomic mass is 10.1. The highest BCUT2D eigenvalue weighted by Crippen LogP contribution is 2.39. The molecule has 0 bridgehead atoms. The van der Waals surface area contributed by atoms with Gasteiger partial charge >= 0.3 is 0 Å². The van der Waals surface area contributed by atoms with Crippen LogP contribution in [0.15, 0.2) is 24.3 Å². The van der Waals surface area contributed by atoms with Crippen LogP contribution in [0, 0.1) is 6.57 Å². The molecular formula is C11H11N. The summed E-state index contributed by atoms with van der Waals surface area (Å²) in [4.78, 5) is 3.35. The lowest BCUT2D eigenvalue weighted by molar-refractivity contribution is 1.12. The van der Waals surface area contributed by atoms with Crippen molar-refractivity contribution in [1.82, 2.24) is 0 Å². The summed E-state index contributed by atoms with van der Waals surface area (Å²) in [7, 11) is 0. The minimum atomic E-state index is 0.519. The Labute approximate surface area is 72.9 Å². The van der Waals surface area contributed by atoms with Crippen LogP contribution in [0.2, 0.25) is 0 Å². The van der Waals surface area contributed by atoms with Crippen LogP contribution in [0.4, 0.5) is 0 Å². The van der Waals surface area contributed by atoms with Gasteiger partial charge in [-0.25, -0.2) is 6.57 Å². The summed E-state index contributed by atoms with van der Waals surface area (Å²) in [6.07, 6.45) is 2.70. The maximum Gasteiger partial charge on any atom is 0.239 e. The van der Waals surface area contributed by atoms with Gasteiger partial charge in [-0.1, -0.05) is 24.3 Å². The van der Waals surface area contributed by atoms with E-state index in [1.807, 2.05) is 0 Å². The molecule has 0 saturated heterocycles. The standard InChI is InChI=1S/C11H11N/c1-12-8-9-2-4-10(5-3-9)11-6-7-11/h2-5,11H,6-8H2. The van der Waals surface area contributed by atoms with E-state index in [-0.39, 0.29) is 0 Å². The zero-order chi connectivity index (χ0) is 8.39. The largest absolute Gasteiger partial charge is 0.312 e. The molecule has 1 aliphatic rings. The van der Waals surface area contributed by atoms with Crippen LogP contribution >= 0.6 is 0 Å². The molecule has 0 aliphatic heterocycles. The lowest BCUT2D eigenvalue weighted by Crippen LogP contribution is -1.81. The monoisotopic (exact) mass is 157 g/mol. The summed E-state index contributed by atoms with van der Waals surface area (Å²) in [5.74, 6) is 0.826. The van der Waals surface area contributed by atoms with Crippen molar-refractivity contribution in [3.8, 4) is 0 Å². The second kappa shape index (κ2) is 2.98. The van der Waals surface area contributed by atoms with Crippen molar-refractivity contribution in [2.75, 3.05) is 0 Å². The third-order valence-corrected chi connectivity index (χ3v) is 2.29. The van der Waals surface area contributed by atoms with Crippen molar-refractivity contribution in [2.24, 2.45) is 0 Å². The molecule has 0 amide bonds. The topological polar surface area (TPSA) is 4.36 Å². The predicted molar refractivity (Wildman–Crippen MR) is 48.7 cm³/mol. The molecule has 0 N–H and O–H groups in total. The Morgan fingerprint density at radius 3 is 2.42 bits per heavy atom. The quantitative estimate of drug-likeness (QED) is 0.581. The van der Waals surface area contributed by atoms with Crippen molar-refractivity contribution in [3.05, 3.63) is 46.8 Å². The third-order valence-electron chi connectivity index (χ3n) is 2.29. The van der Waals surface area contributed by atoms with Crippen molar-refractivity contribution in [2.45, 2.75) is 25.3 Å². The van der Waals surface area contributed by atoms with Crippen LogP contribution in [0.25, 0.3) is 4.85 Å². The highest BCUT2D eigenvalue weighted by atomic mass is 14.6. The summed E-state index contributed by atoms with van der Waals surface area (Å²) >= 11 is 0. The molecule has 0 unspecified atom stereocenters. The van der Waals surface area contributed by atoms with E-state index in [0.717, 1.165) is 11.5 Å². The Morgan fingerprint density at radius 1 is 1.25 bits per heavy atom. The van der Waals surface area contributed by atoms with Crippen LogP contribution in [-0.4, -0.2) is 0 Å². The minimum absolute atomic E-state index is 0.519. The predicted octanol–water partition coefficient (Wildman–Crippen LogP) is 2.98. The van der Waals surface area contributed by atoms with Gasteiger partial charge in [-0.05, 0) is 24.3 Å². The maximum absolute atomic E-state index is 6.72. The van der Waals surface area contributed by atoms with Gasteiger partial charge in [0, 0.05) is 5.56 Å². The van der Waals surface area contributed by atoms with Gasteiger partial charge in [-0.15, -0.1) is 0 Å². The average molecular weight is 157 g/mol. The Morgan fingerprint density at radius 2 is 1.92 bits per heavy atom. The van der Waals surface area contributed by atoms with Gasteiger partial charge in [0.15, 0.2) is 0 Å². The van der Waals surface area contributed by atoms with Crippen molar-refractivity contribution in [3.63, 3.8) is 0 Å². The zero-order valence-electron chi connectivity index (χ0n) is 6.96. The second-order valence-corrected chi connectivity index (χ2v) is 3.33. The van der Waals surface area contributed by atoms with Gasteiger partial charge in [0.05, 0.1) is 0 Å². The number of benzene rings is 1. The maximum atomic E-state index is 6.72. The lowest BCUT2D eigenvalue weighted by Gasteiger charge is -1.96. The van der Waals surface area contributed by atoms with E-state index in [9.17, 15) is 0 Å². The molecule has 1 fully saturated rings. The van der Waals surface area contributed by atoms with E-state index in [2.05, 4.69) is 29.1 Å². The molecule has 0 radical (unpaired) electrons. The molecule has 0 aromatic heterocycles. The molecule has 0 heterocycles. The Kier molecular flexibility index (Phi) is 1.83. The summed E-state index contributed by atoms with van der Waals surface area (Å²) in [5, 5.41) is 0. The van der Waals surface area contributed by atoms with Crippen molar-refractivity contribution in [1.29, 1.82) is 0 Å². The minimum Gasteiger partial charge on any atom is -0.312 e. The molecule has 2 rings (SSSR count). The molecule has 60 valence electrons. The first-order valence-electron chi connectivity index (χ1n) is 4.32. The van der Waals surface area contributed by atoms with Gasteiger partial charge < -0.3 is 4.85 Å². The molecule has 1 nitrogen and oxygen atoms in total. The normalized spacial score (nSPS) is 15.6. The molecule has 1 saturated carbocycles. The Bertz CT molecular complexity index is 301. The first-order chi connectivity index (χ1) is 5.90. The average Bonchev–Trinajstić information content (AvgIpc) is 2.89. The molecule has 1 heteroatoms. The van der Waals surface area contributed by atoms with E-state index < -0.39 is 0 Å². The zero-order valence-corrected chi connectivity index (χ0v) is 6.96. The summed E-state index contributed by atoms with van der Waals surface area (Å²) in [5.41, 5.74) is 2.58. The molecule has 0 atom stereocenters. The summed E-state index contributed by atoms with van der Waals surface area (Å²) < 4.78 is 0. The van der Waals surface area contributed by atoms with Crippen LogP contribution in [0.5, 0.6) is 0 Å². The van der Waals surface area contributed by atoms with Crippen LogP contribution < -0.4 is 0 Å². The highest BCUT2D eigenvalue weighted by molar-refractivity contribution is 5.28. The van der Waals surface area contributed by atoms with Gasteiger partial charge in [0.2, 0.25) is 6.54 Å². The SMILES string of the molecule is [C-]#[N+]Cc1ccc(C2CC2)cc1. The fourth-order valence-electron chi connectivity index (χ4n) is 1.40. The van der Waals surface area contributed by atoms with E-state index in [4.69, 9.17) is 6.57 Å². The second-order valence-electron chi connectivity index (χ2n) is 3.33. The fraction of sp³-hybridized carbons (Fsp3) is 0.364. The van der Waals surface area contributed by atoms with Gasteiger partial charge in [-0.2, -0.15) is 0 Å². The van der Waals surface area contributed by atoms with Crippen LogP contribution in [0.1, 0.15) is 29.9 Å². The van der Waals surface area contributed by atoms with E-state index in [0.29, 0.717) is 6.54 Å². The molecule has 0 spiro atoms. The third kappa shape index (κ3) is 1.48. The summed E-state index contributed by atoms with van der Waals surface area (Å²) in [6.45, 7) is 7.23. The Balaban J connectivity index is 2.14. The van der Waals surface area contributed by atoms with E-state index in [1.54, 1.807) is 0 Å². The highest BCUT2D eigenvalue weighted by Gasteiger charge is 2.22. The molecule has 1 aliphatic carbocycles. The molecule has 12 heavy (non-hydrogen) atoms. The first kappa shape index (κ1) is 7.36. The van der Waals surface area contributed by atoms with Gasteiger partial charge in [0.25, 0.3) is 0 Å². The number of hydrogen-bond donors (Lipinski definition) is 0. The van der Waals surface area contributed by atoms with E-state index in [1.165, 1.54) is 18.4 Å². The molecule has 1 aromatic carbocycles. The first-order valence-corrected chi connectivity index (χ1v) is 4.32. The van der Waals surface area contributed by atoms with Gasteiger partial charge in [0.1, 0.15) is 0 Å². The van der Waals surface area contributed by atoms with E-state index >= 15 is 0 Å². The molecule has 1 aromatic rings. The van der Waals surface area contributed by atoms with Crippen molar-refractivity contribution >= 4 is 0 Å². The summed E-state index contributed by atoms with van der Waals surface area (Å²) in [6, 6.07) is 8.48. The fourth-order valence-corrected chi connectivity index (χ4v) is 1.40. The number of rotatable bonds is 2.